The summed E-state index contributed by atoms with van der Waals surface area (Å²) < 4.78 is 108. The van der Waals surface area contributed by atoms with Gasteiger partial charge in [0.15, 0.2) is 56.4 Å². The van der Waals surface area contributed by atoms with Gasteiger partial charge in [0.2, 0.25) is 0 Å². The van der Waals surface area contributed by atoms with Gasteiger partial charge in [-0.2, -0.15) is 0 Å². The van der Waals surface area contributed by atoms with Gasteiger partial charge < -0.3 is 280 Å². The SMILES string of the molecule is N[C@H]1[C@@H](O[C@@H]2[C@H](O)[C@@H](O)[C@@H](O[C@@H]3[C@H](O)[C@@H](O[C@@H]4[C@H](O)[C@@H](O[C@H]5[C@@H]([C@H](O)CO)O[C@@](O)(C(=O)O)C[C@H]5O[C@]5(C(=O)O)C[C@@H](O)[C@@H](O)[C@@H]([C@H](O)CO)O5)O[C@H]([C@@H](O)CO)[C@H]4O[C@@H]4O[C@H](CO)[C@@H](O)[C@H](O)[C@H]4O)O[C@H]([C@@H](O)CO[C@H]4O[C@H]([C@@H](O)CO)[C@@H](O)[C@H](O)[C@@H]4O)[C@H]3O)O[C@@H]2C(=O)O)O[C@H](CO)[C@@H](O[C@@H]2O[C@H](CO[C@@H]3O[C@H](CO)[C@@H](O)[C@H](O)[C@H]3O)[C@@H](O)[C@H](O)[C@H]2O)[C@@H]1O. The van der Waals surface area contributed by atoms with Gasteiger partial charge in [-0.15, -0.1) is 0 Å². The highest BCUT2D eigenvalue weighted by molar-refractivity contribution is 5.77. The Morgan fingerprint density at radius 2 is 0.738 bits per heavy atom. The molecule has 10 heterocycles. The van der Waals surface area contributed by atoms with Crippen LogP contribution in [0.15, 0.2) is 0 Å². The Labute approximate surface area is 706 Å². The van der Waals surface area contributed by atoms with E-state index < -0.39 is 415 Å². The molecule has 10 aliphatic rings. The largest absolute Gasteiger partial charge is 0.479 e. The third-order valence-electron chi connectivity index (χ3n) is 23.1. The van der Waals surface area contributed by atoms with Gasteiger partial charge in [-0.25, -0.2) is 14.4 Å². The highest BCUT2D eigenvalue weighted by Crippen LogP contribution is 2.45. The molecule has 53 atom stereocenters. The van der Waals surface area contributed by atoms with E-state index in [1.165, 1.54) is 0 Å². The Bertz CT molecular complexity index is 3410. The zero-order valence-electron chi connectivity index (χ0n) is 65.4. The Hall–Kier alpha value is -3.71. The maximum Gasteiger partial charge on any atom is 0.364 e. The second-order valence-corrected chi connectivity index (χ2v) is 31.6. The second-order valence-electron chi connectivity index (χ2n) is 31.6. The van der Waals surface area contributed by atoms with E-state index in [1.54, 1.807) is 0 Å². The molecule has 0 saturated carbocycles. The summed E-state index contributed by atoms with van der Waals surface area (Å²) in [7, 11) is 0. The van der Waals surface area contributed by atoms with Crippen LogP contribution in [0.3, 0.4) is 0 Å². The van der Waals surface area contributed by atoms with E-state index in [0.29, 0.717) is 0 Å². The quantitative estimate of drug-likeness (QED) is 0.0280. The first-order valence-corrected chi connectivity index (χ1v) is 39.1. The number of ether oxygens (including phenoxy) is 19. The van der Waals surface area contributed by atoms with Crippen molar-refractivity contribution in [1.82, 2.24) is 0 Å². The molecule has 38 N–H and O–H groups in total. The van der Waals surface area contributed by atoms with E-state index in [-0.39, 0.29) is 0 Å². The Kier molecular flexibility index (Phi) is 36.2. The van der Waals surface area contributed by atoms with Crippen LogP contribution >= 0.6 is 0 Å². The summed E-state index contributed by atoms with van der Waals surface area (Å²) in [6.45, 7) is -11.3. The molecule has 0 unspecified atom stereocenters. The molecule has 0 aromatic rings. The lowest BCUT2D eigenvalue weighted by Crippen LogP contribution is -2.71. The fourth-order valence-corrected chi connectivity index (χ4v) is 15.8. The first-order valence-electron chi connectivity index (χ1n) is 39.1. The van der Waals surface area contributed by atoms with Gasteiger partial charge in [-0.1, -0.05) is 0 Å². The number of carboxylic acid groups (broad SMARTS) is 3. The normalized spacial score (nSPS) is 50.0. The van der Waals surface area contributed by atoms with Crippen molar-refractivity contribution in [3.05, 3.63) is 0 Å². The summed E-state index contributed by atoms with van der Waals surface area (Å²) >= 11 is 0. The number of hydrogen-bond acceptors (Lipinski definition) is 56. The number of carboxylic acids is 3. The summed E-state index contributed by atoms with van der Waals surface area (Å²) in [6.07, 6.45) is -123. The average Bonchev–Trinajstić information content (AvgIpc) is 0.740. The fourth-order valence-electron chi connectivity index (χ4n) is 15.8. The minimum Gasteiger partial charge on any atom is -0.479 e. The number of hydrogen-bond donors (Lipinski definition) is 37. The van der Waals surface area contributed by atoms with E-state index in [1.807, 2.05) is 0 Å². The lowest BCUT2D eigenvalue weighted by molar-refractivity contribution is -0.416. The number of nitrogens with two attached hydrogens (primary N) is 1. The molecule has 0 amide bonds. The fraction of sp³-hybridized carbons (Fsp3) is 0.955. The summed E-state index contributed by atoms with van der Waals surface area (Å²) in [6, 6.07) is -2.07. The van der Waals surface area contributed by atoms with Gasteiger partial charge in [-0.05, 0) is 0 Å². The molecule has 0 radical (unpaired) electrons. The predicted octanol–water partition coefficient (Wildman–Crippen LogP) is -25.0. The van der Waals surface area contributed by atoms with Crippen molar-refractivity contribution in [2.24, 2.45) is 5.73 Å². The van der Waals surface area contributed by atoms with Gasteiger partial charge >= 0.3 is 17.9 Å². The van der Waals surface area contributed by atoms with Crippen LogP contribution in [-0.4, -0.2) is 586 Å². The number of aliphatic hydroxyl groups is 33. The molecule has 10 rings (SSSR count). The zero-order valence-corrected chi connectivity index (χ0v) is 65.4. The minimum absolute atomic E-state index is 0.892. The number of aliphatic hydroxyl groups excluding tert-OH is 32. The summed E-state index contributed by atoms with van der Waals surface area (Å²) in [4.78, 5) is 39.7. The lowest BCUT2D eigenvalue weighted by atomic mass is 9.89. The molecular weight excluding hydrogens is 1750 g/mol. The van der Waals surface area contributed by atoms with Crippen LogP contribution in [0.2, 0.25) is 0 Å². The van der Waals surface area contributed by atoms with Gasteiger partial charge in [0.1, 0.15) is 238 Å². The van der Waals surface area contributed by atoms with Crippen LogP contribution < -0.4 is 5.73 Å². The molecule has 10 fully saturated rings. The van der Waals surface area contributed by atoms with Crippen LogP contribution in [0.4, 0.5) is 0 Å². The van der Waals surface area contributed by atoms with Crippen molar-refractivity contribution in [3.8, 4) is 0 Å². The summed E-state index contributed by atoms with van der Waals surface area (Å²) in [5, 5.41) is 396. The highest BCUT2D eigenvalue weighted by Gasteiger charge is 2.66. The third kappa shape index (κ3) is 21.6. The van der Waals surface area contributed by atoms with Crippen molar-refractivity contribution < 1.29 is 288 Å². The smallest absolute Gasteiger partial charge is 0.364 e. The monoisotopic (exact) mass is 1860 g/mol. The van der Waals surface area contributed by atoms with Crippen molar-refractivity contribution in [1.29, 1.82) is 0 Å². The molecule has 59 heteroatoms. The molecule has 0 bridgehead atoms. The third-order valence-corrected chi connectivity index (χ3v) is 23.1. The molecule has 10 saturated heterocycles. The van der Waals surface area contributed by atoms with E-state index >= 15 is 0 Å². The Balaban J connectivity index is 0.978. The first-order chi connectivity index (χ1) is 59.2. The Morgan fingerprint density at radius 3 is 1.28 bits per heavy atom. The zero-order chi connectivity index (χ0) is 93.4. The molecule has 732 valence electrons. The highest BCUT2D eigenvalue weighted by atomic mass is 16.8. The van der Waals surface area contributed by atoms with Crippen LogP contribution in [0.5, 0.6) is 0 Å². The van der Waals surface area contributed by atoms with Gasteiger partial charge in [-0.3, -0.25) is 0 Å². The van der Waals surface area contributed by atoms with Crippen molar-refractivity contribution >= 4 is 17.9 Å². The molecular formula is C67H111NO58. The Morgan fingerprint density at radius 1 is 0.333 bits per heavy atom. The maximum atomic E-state index is 13.4. The molecule has 0 spiro atoms. The molecule has 0 aromatic heterocycles. The van der Waals surface area contributed by atoms with Gasteiger partial charge in [0.25, 0.3) is 11.6 Å². The van der Waals surface area contributed by atoms with Crippen LogP contribution in [-0.2, 0) is 104 Å². The summed E-state index contributed by atoms with van der Waals surface area (Å²) in [5.74, 6) is -14.1. The van der Waals surface area contributed by atoms with E-state index in [0.717, 1.165) is 0 Å². The average molecular weight is 1860 g/mol. The summed E-state index contributed by atoms with van der Waals surface area (Å²) in [5.41, 5.74) is 6.34. The topological polar surface area (TPSA) is 981 Å². The van der Waals surface area contributed by atoms with Crippen molar-refractivity contribution in [2.45, 2.75) is 337 Å². The van der Waals surface area contributed by atoms with E-state index in [9.17, 15) is 198 Å². The second kappa shape index (κ2) is 43.7. The van der Waals surface area contributed by atoms with Crippen LogP contribution in [0, 0.1) is 0 Å². The number of aliphatic carboxylic acids is 3. The molecule has 0 aromatic carbocycles. The van der Waals surface area contributed by atoms with Gasteiger partial charge in [0.05, 0.1) is 77.7 Å². The molecule has 59 nitrogen and oxygen atoms in total. The maximum absolute atomic E-state index is 13.4. The lowest BCUT2D eigenvalue weighted by Gasteiger charge is -2.53. The van der Waals surface area contributed by atoms with E-state index in [4.69, 9.17) is 95.7 Å². The van der Waals surface area contributed by atoms with Crippen molar-refractivity contribution in [2.75, 3.05) is 59.5 Å². The van der Waals surface area contributed by atoms with Crippen molar-refractivity contribution in [3.63, 3.8) is 0 Å². The van der Waals surface area contributed by atoms with E-state index in [2.05, 4.69) is 0 Å². The number of carbonyl (C=O) groups is 3. The number of rotatable bonds is 35. The minimum atomic E-state index is -3.72. The van der Waals surface area contributed by atoms with Crippen LogP contribution in [0.25, 0.3) is 0 Å². The first kappa shape index (κ1) is 104. The molecule has 10 aliphatic heterocycles. The standard InChI is InChI=1S/C67H111NO58/c68-23-28(86)48(117-60-38(96)31(89)27(85)22(113-60)11-109-57-35(93)29(87)25(83)19(7-73)110-57)21(9-75)112-56(23)120-51-34(92)39(97)61(123-54(51)55(101)102)119-50-40(98)44(17(81)10-108-58-36(94)32(90)33(91)43(114-58)13(77)3-69)115-62(41(50)99)121-52-42(100)63(116-46(15(79)5-71)53(52)122-59-37(95)30(88)26(84)20(8-74)111-59)118-49-18(2-66(107,64(103)104)125-47(49)16(80)6-72)124-67(65(105)106)1-12(76)24(82)45(126-67)14(78)4-70/h12-54,56-63,69-100,107H,1-11,68H2,(H,101,102)(H,103,104)(H,105,106)/t12-,13+,14-,15+,16-,17+,18-,19-,20-,21-,22-,23-,24-,25-,26-,27-,28-,29+,30+,31+,32+,33+,34-,35-,36+,37-,38-,39-,40-,41+,42+,43-,44-,45-,46-,47-,48-,49-,50+,51-,52-,53-,54+,56-,57-,58+,59+,60+,61+,62-,63-,66-,67-/m1/s1. The van der Waals surface area contributed by atoms with Gasteiger partial charge in [0, 0.05) is 12.8 Å². The molecule has 0 aliphatic carbocycles. The van der Waals surface area contributed by atoms with Crippen LogP contribution in [0.1, 0.15) is 12.8 Å². The molecule has 126 heavy (non-hydrogen) atoms. The predicted molar refractivity (Wildman–Crippen MR) is 373 cm³/mol.